The minimum atomic E-state index is -0.587. The van der Waals surface area contributed by atoms with Crippen molar-refractivity contribution >= 4 is 11.9 Å². The number of hydrogen-bond donors (Lipinski definition) is 3. The van der Waals surface area contributed by atoms with Crippen LogP contribution in [0.15, 0.2) is 4.99 Å². The fraction of sp³-hybridized carbons (Fsp3) is 0.889. The maximum Gasteiger partial charge on any atom is 0.225 e. The first kappa shape index (κ1) is 17.5. The molecule has 0 aromatic heterocycles. The van der Waals surface area contributed by atoms with Crippen LogP contribution in [0.1, 0.15) is 57.8 Å². The van der Waals surface area contributed by atoms with E-state index in [-0.39, 0.29) is 0 Å². The van der Waals surface area contributed by atoms with Crippen LogP contribution in [0.3, 0.4) is 0 Å². The van der Waals surface area contributed by atoms with Crippen LogP contribution in [0.25, 0.3) is 0 Å². The summed E-state index contributed by atoms with van der Waals surface area (Å²) < 4.78 is 0. The van der Waals surface area contributed by atoms with Crippen LogP contribution in [-0.4, -0.2) is 60.2 Å². The van der Waals surface area contributed by atoms with Crippen LogP contribution in [-0.2, 0) is 4.79 Å². The first-order valence-electron chi connectivity index (χ1n) is 9.58. The summed E-state index contributed by atoms with van der Waals surface area (Å²) in [5.74, 6) is 1.44. The van der Waals surface area contributed by atoms with Gasteiger partial charge < -0.3 is 20.6 Å². The second kappa shape index (κ2) is 7.72. The zero-order valence-corrected chi connectivity index (χ0v) is 14.9. The molecule has 3 N–H and O–H groups in total. The standard InChI is InChI=1S/C18H32N4O2/c1-19-17(20-13-18(24)9-3-2-4-10-18)21-15-7-11-22(12-8-15)16(23)14-5-6-14/h14-15,24H,2-13H2,1H3,(H2,19,20,21). The molecule has 24 heavy (non-hydrogen) atoms. The predicted octanol–water partition coefficient (Wildman–Crippen LogP) is 1.25. The summed E-state index contributed by atoms with van der Waals surface area (Å²) in [4.78, 5) is 18.4. The third-order valence-electron chi connectivity index (χ3n) is 5.67. The van der Waals surface area contributed by atoms with E-state index in [4.69, 9.17) is 0 Å². The van der Waals surface area contributed by atoms with E-state index in [0.717, 1.165) is 70.4 Å². The molecule has 0 aromatic rings. The molecule has 2 saturated carbocycles. The lowest BCUT2D eigenvalue weighted by atomic mass is 9.85. The molecule has 1 saturated heterocycles. The highest BCUT2D eigenvalue weighted by atomic mass is 16.3. The summed E-state index contributed by atoms with van der Waals surface area (Å²) in [5, 5.41) is 17.3. The third-order valence-corrected chi connectivity index (χ3v) is 5.67. The number of hydrogen-bond acceptors (Lipinski definition) is 3. The summed E-state index contributed by atoms with van der Waals surface area (Å²) >= 11 is 0. The summed E-state index contributed by atoms with van der Waals surface area (Å²) in [7, 11) is 1.77. The maximum atomic E-state index is 12.1. The Morgan fingerprint density at radius 2 is 1.83 bits per heavy atom. The molecule has 0 radical (unpaired) electrons. The van der Waals surface area contributed by atoms with E-state index in [1.54, 1.807) is 7.05 Å². The lowest BCUT2D eigenvalue weighted by molar-refractivity contribution is -0.133. The molecular weight excluding hydrogens is 304 g/mol. The van der Waals surface area contributed by atoms with Gasteiger partial charge in [0.2, 0.25) is 5.91 Å². The number of amides is 1. The monoisotopic (exact) mass is 336 g/mol. The molecule has 3 fully saturated rings. The zero-order chi connectivity index (χ0) is 17.0. The molecule has 6 heteroatoms. The smallest absolute Gasteiger partial charge is 0.225 e. The maximum absolute atomic E-state index is 12.1. The molecule has 1 amide bonds. The van der Waals surface area contributed by atoms with Crippen LogP contribution in [0.4, 0.5) is 0 Å². The Balaban J connectivity index is 1.40. The number of nitrogens with one attached hydrogen (secondary N) is 2. The number of guanidine groups is 1. The zero-order valence-electron chi connectivity index (χ0n) is 14.9. The minimum absolute atomic E-state index is 0.320. The van der Waals surface area contributed by atoms with Gasteiger partial charge in [0.25, 0.3) is 0 Å². The molecule has 0 spiro atoms. The molecule has 6 nitrogen and oxygen atoms in total. The van der Waals surface area contributed by atoms with E-state index in [1.807, 2.05) is 4.90 Å². The van der Waals surface area contributed by atoms with E-state index in [1.165, 1.54) is 6.42 Å². The Kier molecular flexibility index (Phi) is 5.64. The molecule has 3 rings (SSSR count). The normalized spacial score (nSPS) is 25.4. The van der Waals surface area contributed by atoms with Crippen molar-refractivity contribution in [2.45, 2.75) is 69.4 Å². The highest BCUT2D eigenvalue weighted by Gasteiger charge is 2.35. The van der Waals surface area contributed by atoms with Crippen molar-refractivity contribution in [2.75, 3.05) is 26.7 Å². The Morgan fingerprint density at radius 1 is 1.17 bits per heavy atom. The van der Waals surface area contributed by atoms with Gasteiger partial charge in [-0.3, -0.25) is 9.79 Å². The number of carbonyl (C=O) groups is 1. The van der Waals surface area contributed by atoms with Gasteiger partial charge in [-0.25, -0.2) is 0 Å². The number of aliphatic imine (C=N–C) groups is 1. The van der Waals surface area contributed by atoms with Crippen molar-refractivity contribution in [3.63, 3.8) is 0 Å². The van der Waals surface area contributed by atoms with E-state index in [9.17, 15) is 9.90 Å². The first-order valence-corrected chi connectivity index (χ1v) is 9.58. The van der Waals surface area contributed by atoms with Gasteiger partial charge in [-0.05, 0) is 38.5 Å². The average Bonchev–Trinajstić information content (AvgIpc) is 3.44. The topological polar surface area (TPSA) is 77.0 Å². The van der Waals surface area contributed by atoms with E-state index >= 15 is 0 Å². The Labute approximate surface area is 145 Å². The van der Waals surface area contributed by atoms with Gasteiger partial charge in [0, 0.05) is 38.6 Å². The molecule has 1 heterocycles. The number of rotatable bonds is 4. The largest absolute Gasteiger partial charge is 0.388 e. The van der Waals surface area contributed by atoms with Crippen LogP contribution < -0.4 is 10.6 Å². The lowest BCUT2D eigenvalue weighted by Crippen LogP contribution is -2.53. The van der Waals surface area contributed by atoms with Crippen molar-refractivity contribution in [3.05, 3.63) is 0 Å². The fourth-order valence-corrected chi connectivity index (χ4v) is 3.86. The van der Waals surface area contributed by atoms with Crippen molar-refractivity contribution in [3.8, 4) is 0 Å². The van der Waals surface area contributed by atoms with Crippen LogP contribution >= 0.6 is 0 Å². The van der Waals surface area contributed by atoms with Gasteiger partial charge in [0.15, 0.2) is 5.96 Å². The molecular formula is C18H32N4O2. The van der Waals surface area contributed by atoms with Crippen molar-refractivity contribution in [1.29, 1.82) is 0 Å². The minimum Gasteiger partial charge on any atom is -0.388 e. The molecule has 1 aliphatic heterocycles. The number of carbonyl (C=O) groups excluding carboxylic acids is 1. The average molecular weight is 336 g/mol. The van der Waals surface area contributed by atoms with Gasteiger partial charge in [0.1, 0.15) is 0 Å². The molecule has 0 bridgehead atoms. The summed E-state index contributed by atoms with van der Waals surface area (Å²) in [6.07, 6.45) is 9.28. The second-order valence-electron chi connectivity index (χ2n) is 7.73. The van der Waals surface area contributed by atoms with E-state index < -0.39 is 5.60 Å². The van der Waals surface area contributed by atoms with Gasteiger partial charge >= 0.3 is 0 Å². The van der Waals surface area contributed by atoms with Gasteiger partial charge in [-0.1, -0.05) is 19.3 Å². The summed E-state index contributed by atoms with van der Waals surface area (Å²) in [6, 6.07) is 0.348. The SMILES string of the molecule is CN=C(NCC1(O)CCCCC1)NC1CCN(C(=O)C2CC2)CC1. The molecule has 0 atom stereocenters. The quantitative estimate of drug-likeness (QED) is 0.533. The van der Waals surface area contributed by atoms with E-state index in [0.29, 0.717) is 24.4 Å². The van der Waals surface area contributed by atoms with Gasteiger partial charge in [-0.2, -0.15) is 0 Å². The van der Waals surface area contributed by atoms with E-state index in [2.05, 4.69) is 15.6 Å². The molecule has 0 unspecified atom stereocenters. The van der Waals surface area contributed by atoms with Gasteiger partial charge in [0.05, 0.1) is 5.60 Å². The third kappa shape index (κ3) is 4.62. The predicted molar refractivity (Wildman–Crippen MR) is 94.9 cm³/mol. The van der Waals surface area contributed by atoms with Crippen LogP contribution in [0.2, 0.25) is 0 Å². The fourth-order valence-electron chi connectivity index (χ4n) is 3.86. The number of nitrogens with zero attached hydrogens (tertiary/aromatic N) is 2. The van der Waals surface area contributed by atoms with Gasteiger partial charge in [-0.15, -0.1) is 0 Å². The molecule has 0 aromatic carbocycles. The summed E-state index contributed by atoms with van der Waals surface area (Å²) in [5.41, 5.74) is -0.587. The molecule has 2 aliphatic carbocycles. The van der Waals surface area contributed by atoms with Crippen LogP contribution in [0.5, 0.6) is 0 Å². The Hall–Kier alpha value is -1.30. The Morgan fingerprint density at radius 3 is 2.42 bits per heavy atom. The number of aliphatic hydroxyl groups is 1. The number of likely N-dealkylation sites (tertiary alicyclic amines) is 1. The van der Waals surface area contributed by atoms with Crippen LogP contribution in [0, 0.1) is 5.92 Å². The summed E-state index contributed by atoms with van der Waals surface area (Å²) in [6.45, 7) is 2.24. The second-order valence-corrected chi connectivity index (χ2v) is 7.73. The van der Waals surface area contributed by atoms with Crippen molar-refractivity contribution in [2.24, 2.45) is 10.9 Å². The Bertz CT molecular complexity index is 462. The highest BCUT2D eigenvalue weighted by molar-refractivity contribution is 5.81. The molecule has 136 valence electrons. The molecule has 3 aliphatic rings. The number of piperidine rings is 1. The van der Waals surface area contributed by atoms with Crippen molar-refractivity contribution < 1.29 is 9.90 Å². The first-order chi connectivity index (χ1) is 11.6. The van der Waals surface area contributed by atoms with Crippen molar-refractivity contribution in [1.82, 2.24) is 15.5 Å². The highest BCUT2D eigenvalue weighted by Crippen LogP contribution is 2.32. The lowest BCUT2D eigenvalue weighted by Gasteiger charge is -2.35.